The molecule has 0 saturated carbocycles. The van der Waals surface area contributed by atoms with Crippen molar-refractivity contribution in [2.45, 2.75) is 65.5 Å². The van der Waals surface area contributed by atoms with Crippen molar-refractivity contribution < 1.29 is 18.3 Å². The molecule has 0 fully saturated rings. The van der Waals surface area contributed by atoms with Crippen molar-refractivity contribution in [2.75, 3.05) is 0 Å². The number of halogens is 3. The zero-order valence-electron chi connectivity index (χ0n) is 17.4. The summed E-state index contributed by atoms with van der Waals surface area (Å²) < 4.78 is 42.6. The van der Waals surface area contributed by atoms with Crippen LogP contribution in [0.4, 0.5) is 13.2 Å². The molecular weight excluding hydrogens is 413 g/mol. The van der Waals surface area contributed by atoms with E-state index in [0.717, 1.165) is 23.1 Å². The summed E-state index contributed by atoms with van der Waals surface area (Å²) in [6.45, 7) is 4.12. The van der Waals surface area contributed by atoms with Gasteiger partial charge < -0.3 is 9.67 Å². The first kappa shape index (κ1) is 22.8. The van der Waals surface area contributed by atoms with Gasteiger partial charge in [0.25, 0.3) is 5.56 Å². The Labute approximate surface area is 176 Å². The number of rotatable bonds is 8. The van der Waals surface area contributed by atoms with E-state index in [1.54, 1.807) is 4.57 Å². The highest BCUT2D eigenvalue weighted by atomic mass is 19.4. The molecule has 0 atom stereocenters. The number of aryl methyl sites for hydroxylation is 2. The van der Waals surface area contributed by atoms with Crippen LogP contribution in [-0.2, 0) is 32.4 Å². The van der Waals surface area contributed by atoms with Crippen LogP contribution >= 0.6 is 0 Å². The lowest BCUT2D eigenvalue weighted by atomic mass is 10.1. The average molecular weight is 438 g/mol. The van der Waals surface area contributed by atoms with Gasteiger partial charge in [0, 0.05) is 13.1 Å². The first-order chi connectivity index (χ1) is 14.7. The second-order valence-corrected chi connectivity index (χ2v) is 7.38. The molecule has 10 heteroatoms. The molecule has 1 N–H and O–H groups in total. The summed E-state index contributed by atoms with van der Waals surface area (Å²) in [5, 5.41) is 9.70. The third-order valence-corrected chi connectivity index (χ3v) is 5.14. The fourth-order valence-corrected chi connectivity index (χ4v) is 3.56. The van der Waals surface area contributed by atoms with Gasteiger partial charge in [-0.05, 0) is 30.5 Å². The van der Waals surface area contributed by atoms with Gasteiger partial charge in [-0.3, -0.25) is 13.9 Å². The van der Waals surface area contributed by atoms with E-state index in [9.17, 15) is 27.9 Å². The molecule has 3 aromatic rings. The number of imidazole rings is 1. The van der Waals surface area contributed by atoms with Crippen molar-refractivity contribution in [3.63, 3.8) is 0 Å². The van der Waals surface area contributed by atoms with Crippen LogP contribution in [0.15, 0.2) is 33.9 Å². The van der Waals surface area contributed by atoms with E-state index in [2.05, 4.69) is 4.98 Å². The molecule has 168 valence electrons. The summed E-state index contributed by atoms with van der Waals surface area (Å²) >= 11 is 0. The predicted molar refractivity (Wildman–Crippen MR) is 110 cm³/mol. The minimum atomic E-state index is -4.46. The van der Waals surface area contributed by atoms with Crippen molar-refractivity contribution >= 4 is 11.2 Å². The fourth-order valence-electron chi connectivity index (χ4n) is 3.56. The number of alkyl halides is 3. The van der Waals surface area contributed by atoms with Crippen LogP contribution in [0.25, 0.3) is 11.2 Å². The van der Waals surface area contributed by atoms with Gasteiger partial charge in [-0.1, -0.05) is 32.4 Å². The maximum atomic E-state index is 13.3. The number of fused-ring (bicyclic) bond motifs is 1. The van der Waals surface area contributed by atoms with Crippen LogP contribution < -0.4 is 11.2 Å². The number of nitrogens with zero attached hydrogens (tertiary/aromatic N) is 4. The van der Waals surface area contributed by atoms with Gasteiger partial charge in [0.05, 0.1) is 12.1 Å². The lowest BCUT2D eigenvalue weighted by molar-refractivity contribution is -0.137. The molecule has 0 spiro atoms. The Bertz CT molecular complexity index is 1170. The zero-order chi connectivity index (χ0) is 22.8. The maximum Gasteiger partial charge on any atom is 0.416 e. The Morgan fingerprint density at radius 3 is 2.19 bits per heavy atom. The number of unbranched alkanes of at least 4 members (excludes halogenated alkanes) is 1. The van der Waals surface area contributed by atoms with Gasteiger partial charge in [0.1, 0.15) is 12.4 Å². The Morgan fingerprint density at radius 1 is 0.968 bits per heavy atom. The highest BCUT2D eigenvalue weighted by Crippen LogP contribution is 2.29. The Kier molecular flexibility index (Phi) is 6.68. The van der Waals surface area contributed by atoms with Gasteiger partial charge in [-0.2, -0.15) is 13.2 Å². The van der Waals surface area contributed by atoms with Crippen molar-refractivity contribution in [3.8, 4) is 0 Å². The highest BCUT2D eigenvalue weighted by molar-refractivity contribution is 5.71. The highest BCUT2D eigenvalue weighted by Gasteiger charge is 2.30. The standard InChI is InChI=1S/C21H25F3N4O3/c1-3-5-11-27-18-17(26(10-4-2)16(13-29)25-18)19(30)28(20(27)31)12-14-6-8-15(9-7-14)21(22,23)24/h6-9,29H,3-5,10-13H2,1-2H3. The first-order valence-electron chi connectivity index (χ1n) is 10.2. The molecule has 2 aromatic heterocycles. The van der Waals surface area contributed by atoms with Crippen LogP contribution in [0, 0.1) is 0 Å². The molecule has 2 heterocycles. The van der Waals surface area contributed by atoms with E-state index in [4.69, 9.17) is 0 Å². The second-order valence-electron chi connectivity index (χ2n) is 7.38. The van der Waals surface area contributed by atoms with Crippen LogP contribution in [0.2, 0.25) is 0 Å². The van der Waals surface area contributed by atoms with Crippen LogP contribution in [0.1, 0.15) is 50.1 Å². The molecular formula is C21H25F3N4O3. The molecule has 3 rings (SSSR count). The van der Waals surface area contributed by atoms with Crippen LogP contribution in [-0.4, -0.2) is 23.8 Å². The van der Waals surface area contributed by atoms with Gasteiger partial charge in [-0.25, -0.2) is 9.78 Å². The average Bonchev–Trinajstić information content (AvgIpc) is 3.09. The summed E-state index contributed by atoms with van der Waals surface area (Å²) in [5.41, 5.74) is -1.10. The summed E-state index contributed by atoms with van der Waals surface area (Å²) in [5.74, 6) is 0.297. The SMILES string of the molecule is CCCCn1c(=O)n(Cc2ccc(C(F)(F)F)cc2)c(=O)c2c1nc(CO)n2CCC. The molecule has 0 aliphatic heterocycles. The van der Waals surface area contributed by atoms with Crippen LogP contribution in [0.5, 0.6) is 0 Å². The Balaban J connectivity index is 2.19. The molecule has 0 saturated heterocycles. The molecule has 0 radical (unpaired) electrons. The molecule has 31 heavy (non-hydrogen) atoms. The van der Waals surface area contributed by atoms with Crippen LogP contribution in [0.3, 0.4) is 0 Å². The minimum absolute atomic E-state index is 0.163. The summed E-state index contributed by atoms with van der Waals surface area (Å²) in [6, 6.07) is 4.38. The van der Waals surface area contributed by atoms with E-state index in [1.165, 1.54) is 16.7 Å². The van der Waals surface area contributed by atoms with Crippen molar-refractivity contribution in [1.29, 1.82) is 0 Å². The Hall–Kier alpha value is -2.88. The van der Waals surface area contributed by atoms with Gasteiger partial charge >= 0.3 is 11.9 Å². The van der Waals surface area contributed by atoms with Crippen molar-refractivity contribution in [3.05, 3.63) is 62.1 Å². The zero-order valence-corrected chi connectivity index (χ0v) is 17.4. The first-order valence-corrected chi connectivity index (χ1v) is 10.2. The van der Waals surface area contributed by atoms with Gasteiger partial charge in [0.15, 0.2) is 11.2 Å². The number of aliphatic hydroxyl groups excluding tert-OH is 1. The lowest BCUT2D eigenvalue weighted by Gasteiger charge is -2.13. The Morgan fingerprint density at radius 2 is 1.65 bits per heavy atom. The molecule has 7 nitrogen and oxygen atoms in total. The quantitative estimate of drug-likeness (QED) is 0.586. The molecule has 0 unspecified atom stereocenters. The number of hydrogen-bond acceptors (Lipinski definition) is 4. The number of aromatic nitrogens is 4. The molecule has 0 aliphatic carbocycles. The maximum absolute atomic E-state index is 13.3. The van der Waals surface area contributed by atoms with E-state index in [0.29, 0.717) is 37.3 Å². The van der Waals surface area contributed by atoms with E-state index >= 15 is 0 Å². The molecule has 0 bridgehead atoms. The number of aliphatic hydroxyl groups is 1. The van der Waals surface area contributed by atoms with Gasteiger partial charge in [0.2, 0.25) is 0 Å². The normalized spacial score (nSPS) is 12.1. The minimum Gasteiger partial charge on any atom is -0.388 e. The van der Waals surface area contributed by atoms with Gasteiger partial charge in [-0.15, -0.1) is 0 Å². The van der Waals surface area contributed by atoms with Crippen molar-refractivity contribution in [2.24, 2.45) is 0 Å². The summed E-state index contributed by atoms with van der Waals surface area (Å²) in [6.07, 6.45) is -2.28. The summed E-state index contributed by atoms with van der Waals surface area (Å²) in [7, 11) is 0. The van der Waals surface area contributed by atoms with E-state index in [-0.39, 0.29) is 24.3 Å². The third kappa shape index (κ3) is 4.43. The molecule has 0 amide bonds. The smallest absolute Gasteiger partial charge is 0.388 e. The van der Waals surface area contributed by atoms with Crippen molar-refractivity contribution in [1.82, 2.24) is 18.7 Å². The lowest BCUT2D eigenvalue weighted by Crippen LogP contribution is -2.41. The van der Waals surface area contributed by atoms with E-state index < -0.39 is 23.0 Å². The number of benzene rings is 1. The molecule has 1 aromatic carbocycles. The largest absolute Gasteiger partial charge is 0.416 e. The second kappa shape index (κ2) is 9.09. The molecule has 0 aliphatic rings. The third-order valence-electron chi connectivity index (χ3n) is 5.14. The van der Waals surface area contributed by atoms with E-state index in [1.807, 2.05) is 13.8 Å². The fraction of sp³-hybridized carbons (Fsp3) is 0.476. The topological polar surface area (TPSA) is 82.1 Å². The number of hydrogen-bond donors (Lipinski definition) is 1. The monoisotopic (exact) mass is 438 g/mol. The summed E-state index contributed by atoms with van der Waals surface area (Å²) in [4.78, 5) is 30.7. The predicted octanol–water partition coefficient (Wildman–Crippen LogP) is 3.13.